The van der Waals surface area contributed by atoms with E-state index in [1.165, 1.54) is 25.7 Å². The van der Waals surface area contributed by atoms with Gasteiger partial charge in [-0.25, -0.2) is 0 Å². The normalized spacial score (nSPS) is 33.6. The van der Waals surface area contributed by atoms with Crippen molar-refractivity contribution >= 4 is 0 Å². The molecule has 4 aliphatic rings. The summed E-state index contributed by atoms with van der Waals surface area (Å²) in [6.07, 6.45) is 5.47. The fourth-order valence-corrected chi connectivity index (χ4v) is 4.72. The van der Waals surface area contributed by atoms with Gasteiger partial charge in [0.2, 0.25) is 0 Å². The van der Waals surface area contributed by atoms with Gasteiger partial charge in [0, 0.05) is 0 Å². The molecule has 6 bridgehead atoms. The monoisotopic (exact) mass is 212 g/mol. The maximum atomic E-state index is 2.45. The van der Waals surface area contributed by atoms with Crippen LogP contribution in [-0.2, 0) is 19.3 Å². The Kier molecular flexibility index (Phi) is 1.58. The highest BCUT2D eigenvalue weighted by Crippen LogP contribution is 2.55. The van der Waals surface area contributed by atoms with Crippen molar-refractivity contribution in [2.24, 2.45) is 0 Å². The van der Waals surface area contributed by atoms with Gasteiger partial charge in [0.25, 0.3) is 0 Å². The number of benzene rings is 1. The van der Waals surface area contributed by atoms with Crippen molar-refractivity contribution in [1.82, 2.24) is 0 Å². The predicted octanol–water partition coefficient (Wildman–Crippen LogP) is 4.06. The second kappa shape index (κ2) is 2.72. The zero-order valence-corrected chi connectivity index (χ0v) is 10.6. The van der Waals surface area contributed by atoms with E-state index in [0.717, 1.165) is 17.8 Å². The maximum absolute atomic E-state index is 2.45. The van der Waals surface area contributed by atoms with Gasteiger partial charge in [-0.15, -0.1) is 0 Å². The highest BCUT2D eigenvalue weighted by atomic mass is 14.5. The molecular weight excluding hydrogens is 192 g/mol. The third kappa shape index (κ3) is 0.849. The summed E-state index contributed by atoms with van der Waals surface area (Å²) in [5, 5.41) is 0. The molecule has 0 nitrogen and oxygen atoms in total. The van der Waals surface area contributed by atoms with Crippen molar-refractivity contribution in [2.45, 2.75) is 64.2 Å². The Bertz CT molecular complexity index is 495. The van der Waals surface area contributed by atoms with Crippen LogP contribution in [0.3, 0.4) is 0 Å². The quantitative estimate of drug-likeness (QED) is 0.608. The third-order valence-electron chi connectivity index (χ3n) is 5.29. The van der Waals surface area contributed by atoms with E-state index in [2.05, 4.69) is 20.8 Å². The van der Waals surface area contributed by atoms with Crippen LogP contribution in [-0.4, -0.2) is 0 Å². The summed E-state index contributed by atoms with van der Waals surface area (Å²) in [6, 6.07) is 0. The molecule has 0 heterocycles. The summed E-state index contributed by atoms with van der Waals surface area (Å²) >= 11 is 0. The van der Waals surface area contributed by atoms with E-state index in [9.17, 15) is 0 Å². The summed E-state index contributed by atoms with van der Waals surface area (Å²) in [6.45, 7) is 7.33. The van der Waals surface area contributed by atoms with Gasteiger partial charge >= 0.3 is 0 Å². The van der Waals surface area contributed by atoms with Gasteiger partial charge in [-0.2, -0.15) is 0 Å². The van der Waals surface area contributed by atoms with Gasteiger partial charge < -0.3 is 0 Å². The zero-order chi connectivity index (χ0) is 11.0. The van der Waals surface area contributed by atoms with Crippen LogP contribution in [0.15, 0.2) is 0 Å². The van der Waals surface area contributed by atoms with E-state index >= 15 is 0 Å². The highest BCUT2D eigenvalue weighted by molar-refractivity contribution is 5.64. The van der Waals surface area contributed by atoms with E-state index in [-0.39, 0.29) is 0 Å². The Morgan fingerprint density at radius 2 is 1.31 bits per heavy atom. The van der Waals surface area contributed by atoms with Crippen LogP contribution in [0, 0.1) is 0 Å². The second-order valence-electron chi connectivity index (χ2n) is 6.33. The minimum Gasteiger partial charge on any atom is -0.0584 e. The van der Waals surface area contributed by atoms with Crippen molar-refractivity contribution < 1.29 is 0 Å². The highest BCUT2D eigenvalue weighted by Gasteiger charge is 2.41. The molecule has 5 rings (SSSR count). The van der Waals surface area contributed by atoms with Crippen molar-refractivity contribution in [3.05, 3.63) is 33.4 Å². The van der Waals surface area contributed by atoms with Crippen LogP contribution in [0.5, 0.6) is 0 Å². The Morgan fingerprint density at radius 3 is 2.06 bits per heavy atom. The van der Waals surface area contributed by atoms with Crippen LogP contribution in [0.25, 0.3) is 0 Å². The minimum absolute atomic E-state index is 0.820. The molecule has 0 aromatic heterocycles. The van der Waals surface area contributed by atoms with Crippen molar-refractivity contribution in [3.8, 4) is 0 Å². The molecule has 0 heteroatoms. The standard InChI is InChI=1S/C16H20/c1-8-4-5-11-12-6-9(2)15-13(12)7-10(3)14(11)16(8)15/h8-10H,4-7H2,1-3H3. The van der Waals surface area contributed by atoms with E-state index in [0.29, 0.717) is 0 Å². The molecule has 1 aromatic rings. The molecule has 0 saturated carbocycles. The van der Waals surface area contributed by atoms with Gasteiger partial charge in [0.15, 0.2) is 0 Å². The van der Waals surface area contributed by atoms with Crippen LogP contribution >= 0.6 is 0 Å². The smallest absolute Gasteiger partial charge is 0.0144 e. The molecule has 0 saturated heterocycles. The Labute approximate surface area is 98.1 Å². The summed E-state index contributed by atoms with van der Waals surface area (Å²) in [5.41, 5.74) is 10.7. The lowest BCUT2D eigenvalue weighted by Crippen LogP contribution is -2.23. The van der Waals surface area contributed by atoms with Gasteiger partial charge in [0.1, 0.15) is 0 Å². The van der Waals surface area contributed by atoms with E-state index in [4.69, 9.17) is 0 Å². The maximum Gasteiger partial charge on any atom is -0.0144 e. The first-order chi connectivity index (χ1) is 7.68. The van der Waals surface area contributed by atoms with E-state index in [1.807, 2.05) is 0 Å². The SMILES string of the molecule is CC1Cc2c3c1c1c(c2CCC1C)C(C)C3. The molecule has 0 spiro atoms. The topological polar surface area (TPSA) is 0 Å². The Morgan fingerprint density at radius 1 is 0.688 bits per heavy atom. The average Bonchev–Trinajstić information content (AvgIpc) is 2.54. The number of fused-ring (bicyclic) bond motifs is 1. The first-order valence-corrected chi connectivity index (χ1v) is 6.88. The van der Waals surface area contributed by atoms with Gasteiger partial charge in [-0.05, 0) is 76.8 Å². The van der Waals surface area contributed by atoms with Gasteiger partial charge in [-0.3, -0.25) is 0 Å². The average molecular weight is 212 g/mol. The third-order valence-corrected chi connectivity index (χ3v) is 5.29. The first-order valence-electron chi connectivity index (χ1n) is 6.88. The predicted molar refractivity (Wildman–Crippen MR) is 67.4 cm³/mol. The van der Waals surface area contributed by atoms with Gasteiger partial charge in [-0.1, -0.05) is 20.8 Å². The molecule has 1 aromatic carbocycles. The lowest BCUT2D eigenvalue weighted by atomic mass is 9.67. The minimum atomic E-state index is 0.820. The van der Waals surface area contributed by atoms with E-state index in [1.54, 1.807) is 33.4 Å². The molecule has 16 heavy (non-hydrogen) atoms. The van der Waals surface area contributed by atoms with Crippen LogP contribution in [0.1, 0.15) is 78.3 Å². The molecule has 84 valence electrons. The summed E-state index contributed by atoms with van der Waals surface area (Å²) in [4.78, 5) is 0. The molecule has 0 N–H and O–H groups in total. The summed E-state index contributed by atoms with van der Waals surface area (Å²) < 4.78 is 0. The Hall–Kier alpha value is -0.780. The number of rotatable bonds is 0. The Balaban J connectivity index is 2.14. The van der Waals surface area contributed by atoms with E-state index < -0.39 is 0 Å². The molecule has 0 amide bonds. The van der Waals surface area contributed by atoms with Gasteiger partial charge in [0.05, 0.1) is 0 Å². The number of hydrogen-bond donors (Lipinski definition) is 0. The lowest BCUT2D eigenvalue weighted by molar-refractivity contribution is 0.580. The van der Waals surface area contributed by atoms with Crippen molar-refractivity contribution in [3.63, 3.8) is 0 Å². The van der Waals surface area contributed by atoms with Crippen molar-refractivity contribution in [1.29, 1.82) is 0 Å². The second-order valence-corrected chi connectivity index (χ2v) is 6.33. The first kappa shape index (κ1) is 9.27. The van der Waals surface area contributed by atoms with Crippen LogP contribution in [0.4, 0.5) is 0 Å². The molecule has 0 radical (unpaired) electrons. The summed E-state index contributed by atoms with van der Waals surface area (Å²) in [5.74, 6) is 2.47. The fourth-order valence-electron chi connectivity index (χ4n) is 4.72. The lowest BCUT2D eigenvalue weighted by Gasteiger charge is -2.37. The molecule has 0 aliphatic heterocycles. The number of hydrogen-bond acceptors (Lipinski definition) is 0. The van der Waals surface area contributed by atoms with Crippen molar-refractivity contribution in [2.75, 3.05) is 0 Å². The molecule has 3 atom stereocenters. The van der Waals surface area contributed by atoms with Crippen LogP contribution in [0.2, 0.25) is 0 Å². The zero-order valence-electron chi connectivity index (χ0n) is 10.6. The van der Waals surface area contributed by atoms with Crippen LogP contribution < -0.4 is 0 Å². The molecular formula is C16H20. The molecule has 4 aliphatic carbocycles. The molecule has 3 unspecified atom stereocenters. The summed E-state index contributed by atoms with van der Waals surface area (Å²) in [7, 11) is 0. The molecule has 0 fully saturated rings. The largest absolute Gasteiger partial charge is 0.0584 e. The fraction of sp³-hybridized carbons (Fsp3) is 0.625.